The summed E-state index contributed by atoms with van der Waals surface area (Å²) in [7, 11) is 0. The first-order valence-corrected chi connectivity index (χ1v) is 9.45. The smallest absolute Gasteiger partial charge is 0.310 e. The van der Waals surface area contributed by atoms with E-state index in [1.54, 1.807) is 49.4 Å². The summed E-state index contributed by atoms with van der Waals surface area (Å²) < 4.78 is 5.23. The predicted molar refractivity (Wildman–Crippen MR) is 118 cm³/mol. The summed E-state index contributed by atoms with van der Waals surface area (Å²) in [5.74, 6) is -0.866. The quantitative estimate of drug-likeness (QED) is 0.318. The number of amides is 2. The standard InChI is InChI=1S/C22H19N5O5/c1-15(25-26-21(28)14-32-20-8-3-2-7-19(20)27(30)31)17-5-4-6-18(13-17)24-22(29)16-9-11-23-12-10-16/h2-13H,14H2,1H3,(H,24,29)(H,26,28)/b25-15-. The van der Waals surface area contributed by atoms with Gasteiger partial charge in [0, 0.05) is 29.7 Å². The molecule has 0 saturated heterocycles. The summed E-state index contributed by atoms with van der Waals surface area (Å²) in [5, 5.41) is 17.8. The van der Waals surface area contributed by atoms with E-state index in [0.29, 0.717) is 22.5 Å². The highest BCUT2D eigenvalue weighted by atomic mass is 16.6. The molecule has 2 N–H and O–H groups in total. The van der Waals surface area contributed by atoms with E-state index in [1.165, 1.54) is 30.6 Å². The number of hydrogen-bond acceptors (Lipinski definition) is 7. The maximum absolute atomic E-state index is 12.3. The van der Waals surface area contributed by atoms with Crippen molar-refractivity contribution < 1.29 is 19.2 Å². The van der Waals surface area contributed by atoms with Crippen LogP contribution in [0.25, 0.3) is 0 Å². The molecule has 0 radical (unpaired) electrons. The minimum Gasteiger partial charge on any atom is -0.477 e. The second-order valence-corrected chi connectivity index (χ2v) is 6.52. The third-order valence-electron chi connectivity index (χ3n) is 4.25. The van der Waals surface area contributed by atoms with E-state index in [4.69, 9.17) is 4.74 Å². The van der Waals surface area contributed by atoms with Crippen molar-refractivity contribution in [2.75, 3.05) is 11.9 Å². The zero-order chi connectivity index (χ0) is 22.9. The monoisotopic (exact) mass is 433 g/mol. The highest BCUT2D eigenvalue weighted by Gasteiger charge is 2.15. The Balaban J connectivity index is 1.59. The van der Waals surface area contributed by atoms with Crippen molar-refractivity contribution in [3.05, 3.63) is 94.3 Å². The number of pyridine rings is 1. The normalized spacial score (nSPS) is 10.8. The summed E-state index contributed by atoms with van der Waals surface area (Å²) in [6.07, 6.45) is 3.06. The molecule has 0 bridgehead atoms. The van der Waals surface area contributed by atoms with Gasteiger partial charge in [0.2, 0.25) is 0 Å². The minimum absolute atomic E-state index is 0.00834. The molecular formula is C22H19N5O5. The number of carbonyl (C=O) groups excluding carboxylic acids is 2. The highest BCUT2D eigenvalue weighted by Crippen LogP contribution is 2.25. The summed E-state index contributed by atoms with van der Waals surface area (Å²) in [6.45, 7) is 1.25. The lowest BCUT2D eigenvalue weighted by molar-refractivity contribution is -0.385. The Hall–Kier alpha value is -4.60. The molecule has 10 nitrogen and oxygen atoms in total. The molecule has 2 aromatic carbocycles. The van der Waals surface area contributed by atoms with Crippen molar-refractivity contribution in [2.45, 2.75) is 6.92 Å². The maximum atomic E-state index is 12.3. The molecule has 0 fully saturated rings. The number of carbonyl (C=O) groups is 2. The largest absolute Gasteiger partial charge is 0.477 e. The number of anilines is 1. The van der Waals surface area contributed by atoms with Gasteiger partial charge in [0.15, 0.2) is 12.4 Å². The molecule has 162 valence electrons. The third-order valence-corrected chi connectivity index (χ3v) is 4.25. The summed E-state index contributed by atoms with van der Waals surface area (Å²) in [4.78, 5) is 38.6. The summed E-state index contributed by atoms with van der Waals surface area (Å²) in [6, 6.07) is 16.0. The first-order valence-electron chi connectivity index (χ1n) is 9.45. The van der Waals surface area contributed by atoms with Crippen LogP contribution in [0.15, 0.2) is 78.2 Å². The number of rotatable bonds is 8. The second-order valence-electron chi connectivity index (χ2n) is 6.52. The van der Waals surface area contributed by atoms with E-state index in [2.05, 4.69) is 20.8 Å². The van der Waals surface area contributed by atoms with Crippen molar-refractivity contribution in [2.24, 2.45) is 5.10 Å². The van der Waals surface area contributed by atoms with Crippen LogP contribution in [-0.4, -0.2) is 34.0 Å². The fraction of sp³-hybridized carbons (Fsp3) is 0.0909. The number of para-hydroxylation sites is 2. The van der Waals surface area contributed by atoms with Gasteiger partial charge in [0.25, 0.3) is 11.8 Å². The van der Waals surface area contributed by atoms with Crippen molar-refractivity contribution in [3.63, 3.8) is 0 Å². The van der Waals surface area contributed by atoms with Gasteiger partial charge >= 0.3 is 5.69 Å². The van der Waals surface area contributed by atoms with Gasteiger partial charge in [-0.15, -0.1) is 0 Å². The fourth-order valence-electron chi connectivity index (χ4n) is 2.64. The number of hydrazone groups is 1. The molecule has 0 spiro atoms. The number of benzene rings is 2. The average molecular weight is 433 g/mol. The van der Waals surface area contributed by atoms with Crippen LogP contribution < -0.4 is 15.5 Å². The summed E-state index contributed by atoms with van der Waals surface area (Å²) >= 11 is 0. The Labute approximate surface area is 183 Å². The molecule has 1 aromatic heterocycles. The highest BCUT2D eigenvalue weighted by molar-refractivity contribution is 6.05. The van der Waals surface area contributed by atoms with Crippen LogP contribution in [0.1, 0.15) is 22.8 Å². The van der Waals surface area contributed by atoms with Gasteiger partial charge in [-0.3, -0.25) is 24.7 Å². The van der Waals surface area contributed by atoms with Crippen LogP contribution in [-0.2, 0) is 4.79 Å². The number of nitro groups is 1. The number of ether oxygens (including phenoxy) is 1. The molecule has 10 heteroatoms. The fourth-order valence-corrected chi connectivity index (χ4v) is 2.64. The van der Waals surface area contributed by atoms with Crippen LogP contribution in [0, 0.1) is 10.1 Å². The van der Waals surface area contributed by atoms with Crippen LogP contribution in [0.5, 0.6) is 5.75 Å². The van der Waals surface area contributed by atoms with Gasteiger partial charge in [0.1, 0.15) is 0 Å². The van der Waals surface area contributed by atoms with Crippen LogP contribution >= 0.6 is 0 Å². The van der Waals surface area contributed by atoms with Gasteiger partial charge in [-0.25, -0.2) is 5.43 Å². The molecule has 0 aliphatic rings. The Morgan fingerprint density at radius 2 is 1.81 bits per heavy atom. The van der Waals surface area contributed by atoms with E-state index in [1.807, 2.05) is 0 Å². The maximum Gasteiger partial charge on any atom is 0.310 e. The molecule has 0 aliphatic heterocycles. The number of hydrogen-bond donors (Lipinski definition) is 2. The third kappa shape index (κ3) is 5.95. The van der Waals surface area contributed by atoms with Crippen molar-refractivity contribution in [3.8, 4) is 5.75 Å². The molecule has 0 saturated carbocycles. The molecule has 0 unspecified atom stereocenters. The minimum atomic E-state index is -0.587. The number of nitrogens with zero attached hydrogens (tertiary/aromatic N) is 3. The number of nitro benzene ring substituents is 1. The van der Waals surface area contributed by atoms with E-state index in [-0.39, 0.29) is 17.3 Å². The molecule has 3 rings (SSSR count). The molecule has 0 atom stereocenters. The topological polar surface area (TPSA) is 136 Å². The van der Waals surface area contributed by atoms with Crippen molar-refractivity contribution in [1.29, 1.82) is 0 Å². The average Bonchev–Trinajstić information content (AvgIpc) is 2.82. The second kappa shape index (κ2) is 10.4. The van der Waals surface area contributed by atoms with Gasteiger partial charge in [-0.1, -0.05) is 24.3 Å². The molecular weight excluding hydrogens is 414 g/mol. The first-order chi connectivity index (χ1) is 15.4. The molecule has 2 amide bonds. The predicted octanol–water partition coefficient (Wildman–Crippen LogP) is 3.16. The van der Waals surface area contributed by atoms with Gasteiger partial charge in [0.05, 0.1) is 10.6 Å². The van der Waals surface area contributed by atoms with Crippen LogP contribution in [0.2, 0.25) is 0 Å². The van der Waals surface area contributed by atoms with E-state index in [9.17, 15) is 19.7 Å². The zero-order valence-electron chi connectivity index (χ0n) is 17.0. The van der Waals surface area contributed by atoms with E-state index in [0.717, 1.165) is 0 Å². The van der Waals surface area contributed by atoms with Gasteiger partial charge in [-0.2, -0.15) is 5.10 Å². The SMILES string of the molecule is C/C(=N/NC(=O)COc1ccccc1[N+](=O)[O-])c1cccc(NC(=O)c2ccncc2)c1. The van der Waals surface area contributed by atoms with Crippen molar-refractivity contribution >= 4 is 28.9 Å². The Bertz CT molecular complexity index is 1160. The molecule has 0 aliphatic carbocycles. The lowest BCUT2D eigenvalue weighted by atomic mass is 10.1. The van der Waals surface area contributed by atoms with E-state index >= 15 is 0 Å². The van der Waals surface area contributed by atoms with Crippen LogP contribution in [0.4, 0.5) is 11.4 Å². The number of aromatic nitrogens is 1. The lowest BCUT2D eigenvalue weighted by Crippen LogP contribution is -2.25. The van der Waals surface area contributed by atoms with Crippen molar-refractivity contribution in [1.82, 2.24) is 10.4 Å². The molecule has 1 heterocycles. The Morgan fingerprint density at radius 1 is 1.06 bits per heavy atom. The number of nitrogens with one attached hydrogen (secondary N) is 2. The first kappa shape index (κ1) is 22.1. The van der Waals surface area contributed by atoms with E-state index < -0.39 is 17.4 Å². The van der Waals surface area contributed by atoms with Crippen LogP contribution in [0.3, 0.4) is 0 Å². The lowest BCUT2D eigenvalue weighted by Gasteiger charge is -2.08. The Kier molecular flexibility index (Phi) is 7.20. The molecule has 3 aromatic rings. The molecule has 32 heavy (non-hydrogen) atoms. The Morgan fingerprint density at radius 3 is 2.56 bits per heavy atom. The zero-order valence-corrected chi connectivity index (χ0v) is 17.0. The van der Waals surface area contributed by atoms with Gasteiger partial charge < -0.3 is 10.1 Å². The summed E-state index contributed by atoms with van der Waals surface area (Å²) in [5.41, 5.74) is 4.32. The van der Waals surface area contributed by atoms with Gasteiger partial charge in [-0.05, 0) is 42.8 Å².